The highest BCUT2D eigenvalue weighted by Gasteiger charge is 2.15. The summed E-state index contributed by atoms with van der Waals surface area (Å²) in [5, 5.41) is 9.68. The summed E-state index contributed by atoms with van der Waals surface area (Å²) in [4.78, 5) is 19.0. The first-order chi connectivity index (χ1) is 11.8. The van der Waals surface area contributed by atoms with E-state index in [1.54, 1.807) is 0 Å². The molecule has 24 heavy (non-hydrogen) atoms. The second kappa shape index (κ2) is 11.3. The lowest BCUT2D eigenvalue weighted by Gasteiger charge is -2.26. The lowest BCUT2D eigenvalue weighted by molar-refractivity contribution is -0.120. The maximum atomic E-state index is 12.1. The molecule has 0 atom stereocenters. The largest absolute Gasteiger partial charge is 0.357 e. The Morgan fingerprint density at radius 1 is 1.04 bits per heavy atom. The van der Waals surface area contributed by atoms with Crippen LogP contribution in [0.5, 0.6) is 0 Å². The highest BCUT2D eigenvalue weighted by Crippen LogP contribution is 2.17. The van der Waals surface area contributed by atoms with Crippen molar-refractivity contribution < 1.29 is 4.79 Å². The van der Waals surface area contributed by atoms with Gasteiger partial charge in [0.1, 0.15) is 6.54 Å². The third-order valence-electron chi connectivity index (χ3n) is 4.86. The lowest BCUT2D eigenvalue weighted by atomic mass is 9.95. The van der Waals surface area contributed by atoms with E-state index in [2.05, 4.69) is 25.8 Å². The number of amides is 1. The van der Waals surface area contributed by atoms with Crippen LogP contribution in [-0.2, 0) is 4.79 Å². The Bertz CT molecular complexity index is 387. The van der Waals surface area contributed by atoms with Gasteiger partial charge in [0.15, 0.2) is 5.96 Å². The van der Waals surface area contributed by atoms with Gasteiger partial charge in [0, 0.05) is 25.7 Å². The van der Waals surface area contributed by atoms with Crippen molar-refractivity contribution in [1.82, 2.24) is 20.9 Å². The molecule has 0 bridgehead atoms. The fourth-order valence-electron chi connectivity index (χ4n) is 3.53. The Balaban J connectivity index is 1.67. The van der Waals surface area contributed by atoms with Crippen LogP contribution in [0.1, 0.15) is 58.3 Å². The Morgan fingerprint density at radius 3 is 2.46 bits per heavy atom. The number of likely N-dealkylation sites (tertiary alicyclic amines) is 1. The maximum Gasteiger partial charge on any atom is 0.242 e. The fourth-order valence-corrected chi connectivity index (χ4v) is 3.53. The normalized spacial score (nSPS) is 20.6. The monoisotopic (exact) mass is 337 g/mol. The van der Waals surface area contributed by atoms with Gasteiger partial charge in [-0.25, -0.2) is 4.99 Å². The van der Waals surface area contributed by atoms with E-state index in [1.165, 1.54) is 51.6 Å². The Morgan fingerprint density at radius 2 is 1.75 bits per heavy atom. The molecule has 0 aromatic heterocycles. The summed E-state index contributed by atoms with van der Waals surface area (Å²) >= 11 is 0. The molecule has 0 aromatic rings. The van der Waals surface area contributed by atoms with E-state index >= 15 is 0 Å². The van der Waals surface area contributed by atoms with Gasteiger partial charge in [0.05, 0.1) is 0 Å². The molecule has 0 unspecified atom stereocenters. The molecular weight excluding hydrogens is 302 g/mol. The molecule has 1 amide bonds. The minimum Gasteiger partial charge on any atom is -0.357 e. The molecule has 1 saturated carbocycles. The summed E-state index contributed by atoms with van der Waals surface area (Å²) in [5.74, 6) is 0.781. The second-order valence-corrected chi connectivity index (χ2v) is 6.93. The van der Waals surface area contributed by atoms with Crippen molar-refractivity contribution in [1.29, 1.82) is 0 Å². The third kappa shape index (κ3) is 7.51. The van der Waals surface area contributed by atoms with Gasteiger partial charge in [-0.1, -0.05) is 25.7 Å². The molecule has 138 valence electrons. The molecule has 6 nitrogen and oxygen atoms in total. The predicted octanol–water partition coefficient (Wildman–Crippen LogP) is 1.48. The molecule has 0 radical (unpaired) electrons. The molecular formula is C18H35N5O. The van der Waals surface area contributed by atoms with E-state index in [9.17, 15) is 4.79 Å². The molecule has 1 aliphatic carbocycles. The summed E-state index contributed by atoms with van der Waals surface area (Å²) in [5.41, 5.74) is 0. The Hall–Kier alpha value is -1.30. The van der Waals surface area contributed by atoms with E-state index in [4.69, 9.17) is 0 Å². The molecule has 2 aliphatic rings. The SMILES string of the molecule is CCNC(=NCC(=O)NC1CCCCC1)NCCN1CCCCC1. The van der Waals surface area contributed by atoms with Crippen LogP contribution in [-0.4, -0.2) is 62.1 Å². The van der Waals surface area contributed by atoms with Crippen LogP contribution in [0.2, 0.25) is 0 Å². The highest BCUT2D eigenvalue weighted by atomic mass is 16.1. The summed E-state index contributed by atoms with van der Waals surface area (Å²) in [7, 11) is 0. The number of carbonyl (C=O) groups is 1. The van der Waals surface area contributed by atoms with Crippen LogP contribution >= 0.6 is 0 Å². The molecule has 0 aromatic carbocycles. The van der Waals surface area contributed by atoms with Crippen molar-refractivity contribution in [2.75, 3.05) is 39.3 Å². The topological polar surface area (TPSA) is 68.8 Å². The molecule has 1 heterocycles. The van der Waals surface area contributed by atoms with Gasteiger partial charge < -0.3 is 20.9 Å². The van der Waals surface area contributed by atoms with Gasteiger partial charge in [0.2, 0.25) is 5.91 Å². The van der Waals surface area contributed by atoms with Crippen LogP contribution in [0, 0.1) is 0 Å². The van der Waals surface area contributed by atoms with Crippen molar-refractivity contribution in [2.24, 2.45) is 4.99 Å². The smallest absolute Gasteiger partial charge is 0.242 e. The Labute approximate surface area is 146 Å². The van der Waals surface area contributed by atoms with Crippen molar-refractivity contribution in [3.8, 4) is 0 Å². The van der Waals surface area contributed by atoms with Crippen molar-refractivity contribution in [3.05, 3.63) is 0 Å². The van der Waals surface area contributed by atoms with E-state index < -0.39 is 0 Å². The van der Waals surface area contributed by atoms with Gasteiger partial charge in [-0.15, -0.1) is 0 Å². The summed E-state index contributed by atoms with van der Waals surface area (Å²) in [6.07, 6.45) is 9.99. The molecule has 1 aliphatic heterocycles. The van der Waals surface area contributed by atoms with Gasteiger partial charge in [-0.2, -0.15) is 0 Å². The maximum absolute atomic E-state index is 12.1. The number of carbonyl (C=O) groups excluding carboxylic acids is 1. The molecule has 1 saturated heterocycles. The minimum atomic E-state index is 0.0372. The average molecular weight is 338 g/mol. The average Bonchev–Trinajstić information content (AvgIpc) is 2.61. The molecule has 2 fully saturated rings. The first-order valence-corrected chi connectivity index (χ1v) is 9.82. The first kappa shape index (κ1) is 19.0. The van der Waals surface area contributed by atoms with Crippen LogP contribution in [0.4, 0.5) is 0 Å². The second-order valence-electron chi connectivity index (χ2n) is 6.93. The van der Waals surface area contributed by atoms with Crippen molar-refractivity contribution in [2.45, 2.75) is 64.3 Å². The van der Waals surface area contributed by atoms with Gasteiger partial charge in [-0.3, -0.25) is 4.79 Å². The van der Waals surface area contributed by atoms with Crippen LogP contribution in [0.3, 0.4) is 0 Å². The van der Waals surface area contributed by atoms with E-state index in [1.807, 2.05) is 6.92 Å². The Kier molecular flexibility index (Phi) is 8.95. The number of nitrogens with one attached hydrogen (secondary N) is 3. The predicted molar refractivity (Wildman–Crippen MR) is 99.3 cm³/mol. The zero-order valence-electron chi connectivity index (χ0n) is 15.3. The van der Waals surface area contributed by atoms with Crippen molar-refractivity contribution >= 4 is 11.9 Å². The van der Waals surface area contributed by atoms with Gasteiger partial charge in [0.25, 0.3) is 0 Å². The standard InChI is InChI=1S/C18H35N5O/c1-2-19-18(20-11-14-23-12-7-4-8-13-23)21-15-17(24)22-16-9-5-3-6-10-16/h16H,2-15H2,1H3,(H,22,24)(H2,19,20,21). The first-order valence-electron chi connectivity index (χ1n) is 9.82. The summed E-state index contributed by atoms with van der Waals surface area (Å²) in [6.45, 7) is 7.38. The number of hydrogen-bond acceptors (Lipinski definition) is 3. The van der Waals surface area contributed by atoms with E-state index in [0.29, 0.717) is 6.04 Å². The number of nitrogens with zero attached hydrogens (tertiary/aromatic N) is 2. The number of guanidine groups is 1. The minimum absolute atomic E-state index is 0.0372. The van der Waals surface area contributed by atoms with Crippen LogP contribution in [0.15, 0.2) is 4.99 Å². The quantitative estimate of drug-likeness (QED) is 0.486. The van der Waals surface area contributed by atoms with E-state index in [0.717, 1.165) is 38.4 Å². The highest BCUT2D eigenvalue weighted by molar-refractivity contribution is 5.85. The lowest BCUT2D eigenvalue weighted by Crippen LogP contribution is -2.43. The zero-order valence-corrected chi connectivity index (χ0v) is 15.3. The molecule has 2 rings (SSSR count). The number of piperidine rings is 1. The fraction of sp³-hybridized carbons (Fsp3) is 0.889. The molecule has 0 spiro atoms. The number of rotatable bonds is 7. The molecule has 6 heteroatoms. The summed E-state index contributed by atoms with van der Waals surface area (Å²) in [6, 6.07) is 0.357. The summed E-state index contributed by atoms with van der Waals surface area (Å²) < 4.78 is 0. The molecule has 3 N–H and O–H groups in total. The van der Waals surface area contributed by atoms with Crippen molar-refractivity contribution in [3.63, 3.8) is 0 Å². The number of aliphatic imine (C=N–C) groups is 1. The van der Waals surface area contributed by atoms with E-state index in [-0.39, 0.29) is 12.5 Å². The van der Waals surface area contributed by atoms with Crippen LogP contribution in [0.25, 0.3) is 0 Å². The third-order valence-corrected chi connectivity index (χ3v) is 4.86. The number of hydrogen-bond donors (Lipinski definition) is 3. The van der Waals surface area contributed by atoms with Gasteiger partial charge in [-0.05, 0) is 45.7 Å². The van der Waals surface area contributed by atoms with Gasteiger partial charge >= 0.3 is 0 Å². The van der Waals surface area contributed by atoms with Crippen LogP contribution < -0.4 is 16.0 Å². The zero-order chi connectivity index (χ0) is 17.0.